The van der Waals surface area contributed by atoms with Crippen LogP contribution < -0.4 is 11.1 Å². The molecule has 1 heterocycles. The normalized spacial score (nSPS) is 25.1. The second kappa shape index (κ2) is 6.33. The van der Waals surface area contributed by atoms with E-state index in [1.54, 1.807) is 11.3 Å². The Kier molecular flexibility index (Phi) is 4.75. The molecule has 1 aliphatic rings. The number of nitrogens with zero attached hydrogens (tertiary/aromatic N) is 1. The van der Waals surface area contributed by atoms with Gasteiger partial charge in [0.1, 0.15) is 0 Å². The molecule has 0 radical (unpaired) electrons. The lowest BCUT2D eigenvalue weighted by atomic mass is 9.96. The molecule has 3 nitrogen and oxygen atoms in total. The second-order valence-electron chi connectivity index (χ2n) is 4.62. The maximum atomic E-state index is 5.77. The molecule has 0 saturated heterocycles. The molecule has 1 aromatic heterocycles. The number of hydrogen-bond donors (Lipinski definition) is 2. The molecule has 0 aliphatic heterocycles. The van der Waals surface area contributed by atoms with Crippen LogP contribution >= 0.6 is 11.3 Å². The minimum Gasteiger partial charge on any atom is -0.330 e. The van der Waals surface area contributed by atoms with E-state index in [9.17, 15) is 0 Å². The Morgan fingerprint density at radius 1 is 1.44 bits per heavy atom. The van der Waals surface area contributed by atoms with E-state index in [1.807, 2.05) is 5.51 Å². The van der Waals surface area contributed by atoms with Crippen molar-refractivity contribution in [3.63, 3.8) is 0 Å². The molecule has 3 N–H and O–H groups in total. The maximum Gasteiger partial charge on any atom is 0.0794 e. The zero-order valence-corrected chi connectivity index (χ0v) is 10.5. The Bertz CT molecular complexity index is 286. The van der Waals surface area contributed by atoms with Gasteiger partial charge in [0.15, 0.2) is 0 Å². The van der Waals surface area contributed by atoms with Crippen molar-refractivity contribution < 1.29 is 0 Å². The summed E-state index contributed by atoms with van der Waals surface area (Å²) < 4.78 is 0. The Labute approximate surface area is 101 Å². The SMILES string of the molecule is NCC1CCCC1CNCCc1cscn1. The van der Waals surface area contributed by atoms with Gasteiger partial charge >= 0.3 is 0 Å². The molecule has 90 valence electrons. The first-order valence-electron chi connectivity index (χ1n) is 6.18. The smallest absolute Gasteiger partial charge is 0.0794 e. The van der Waals surface area contributed by atoms with Crippen LogP contribution in [-0.4, -0.2) is 24.6 Å². The van der Waals surface area contributed by atoms with Gasteiger partial charge in [-0.15, -0.1) is 11.3 Å². The van der Waals surface area contributed by atoms with Gasteiger partial charge in [-0.1, -0.05) is 6.42 Å². The molecule has 2 atom stereocenters. The minimum atomic E-state index is 0.756. The Morgan fingerprint density at radius 3 is 3.06 bits per heavy atom. The molecular formula is C12H21N3S. The van der Waals surface area contributed by atoms with Crippen LogP contribution in [0.25, 0.3) is 0 Å². The van der Waals surface area contributed by atoms with Crippen molar-refractivity contribution >= 4 is 11.3 Å². The standard InChI is InChI=1S/C12H21N3S/c13-6-10-2-1-3-11(10)7-14-5-4-12-8-16-9-15-12/h8-11,14H,1-7,13H2. The molecule has 4 heteroatoms. The lowest BCUT2D eigenvalue weighted by molar-refractivity contribution is 0.375. The molecule has 0 spiro atoms. The summed E-state index contributed by atoms with van der Waals surface area (Å²) in [5.41, 5.74) is 8.88. The van der Waals surface area contributed by atoms with Gasteiger partial charge < -0.3 is 11.1 Å². The number of nitrogens with one attached hydrogen (secondary N) is 1. The molecule has 0 aromatic carbocycles. The molecule has 2 unspecified atom stereocenters. The van der Waals surface area contributed by atoms with Gasteiger partial charge in [-0.05, 0) is 37.8 Å². The van der Waals surface area contributed by atoms with Crippen molar-refractivity contribution in [2.24, 2.45) is 17.6 Å². The van der Waals surface area contributed by atoms with Crippen LogP contribution in [0.2, 0.25) is 0 Å². The topological polar surface area (TPSA) is 50.9 Å². The third-order valence-electron chi connectivity index (χ3n) is 3.57. The quantitative estimate of drug-likeness (QED) is 0.742. The van der Waals surface area contributed by atoms with Gasteiger partial charge in [0.2, 0.25) is 0 Å². The van der Waals surface area contributed by atoms with Crippen molar-refractivity contribution in [1.29, 1.82) is 0 Å². The van der Waals surface area contributed by atoms with E-state index in [2.05, 4.69) is 15.7 Å². The molecule has 0 bridgehead atoms. The Balaban J connectivity index is 1.61. The number of hydrogen-bond acceptors (Lipinski definition) is 4. The van der Waals surface area contributed by atoms with E-state index in [1.165, 1.54) is 25.0 Å². The summed E-state index contributed by atoms with van der Waals surface area (Å²) in [5, 5.41) is 5.66. The number of nitrogens with two attached hydrogens (primary N) is 1. The van der Waals surface area contributed by atoms with Gasteiger partial charge in [-0.2, -0.15) is 0 Å². The molecule has 2 rings (SSSR count). The highest BCUT2D eigenvalue weighted by Gasteiger charge is 2.25. The largest absolute Gasteiger partial charge is 0.330 e. The molecule has 1 aliphatic carbocycles. The van der Waals surface area contributed by atoms with Crippen molar-refractivity contribution in [2.45, 2.75) is 25.7 Å². The Morgan fingerprint density at radius 2 is 2.31 bits per heavy atom. The van der Waals surface area contributed by atoms with E-state index < -0.39 is 0 Å². The molecule has 0 amide bonds. The number of thiazole rings is 1. The fraction of sp³-hybridized carbons (Fsp3) is 0.750. The fourth-order valence-electron chi connectivity index (χ4n) is 2.56. The third kappa shape index (κ3) is 3.27. The summed E-state index contributed by atoms with van der Waals surface area (Å²) in [7, 11) is 0. The van der Waals surface area contributed by atoms with Gasteiger partial charge in [-0.3, -0.25) is 0 Å². The molecule has 16 heavy (non-hydrogen) atoms. The molecule has 1 fully saturated rings. The van der Waals surface area contributed by atoms with Crippen LogP contribution in [0.5, 0.6) is 0 Å². The third-order valence-corrected chi connectivity index (χ3v) is 4.20. The van der Waals surface area contributed by atoms with Gasteiger partial charge in [-0.25, -0.2) is 4.98 Å². The van der Waals surface area contributed by atoms with Gasteiger partial charge in [0, 0.05) is 18.3 Å². The van der Waals surface area contributed by atoms with E-state index in [0.717, 1.165) is 37.9 Å². The predicted octanol–water partition coefficient (Wildman–Crippen LogP) is 1.65. The van der Waals surface area contributed by atoms with E-state index in [4.69, 9.17) is 5.73 Å². The number of aromatic nitrogens is 1. The van der Waals surface area contributed by atoms with E-state index in [0.29, 0.717) is 0 Å². The molecular weight excluding hydrogens is 218 g/mol. The van der Waals surface area contributed by atoms with Gasteiger partial charge in [0.05, 0.1) is 11.2 Å². The summed E-state index contributed by atoms with van der Waals surface area (Å²) in [6.07, 6.45) is 5.09. The van der Waals surface area contributed by atoms with Crippen molar-refractivity contribution in [2.75, 3.05) is 19.6 Å². The maximum absolute atomic E-state index is 5.77. The summed E-state index contributed by atoms with van der Waals surface area (Å²) in [6.45, 7) is 3.03. The highest BCUT2D eigenvalue weighted by Crippen LogP contribution is 2.30. The van der Waals surface area contributed by atoms with Gasteiger partial charge in [0.25, 0.3) is 0 Å². The summed E-state index contributed by atoms with van der Waals surface area (Å²) >= 11 is 1.67. The highest BCUT2D eigenvalue weighted by molar-refractivity contribution is 7.07. The van der Waals surface area contributed by atoms with Crippen molar-refractivity contribution in [3.8, 4) is 0 Å². The molecule has 1 saturated carbocycles. The first-order valence-corrected chi connectivity index (χ1v) is 7.12. The fourth-order valence-corrected chi connectivity index (χ4v) is 3.15. The summed E-state index contributed by atoms with van der Waals surface area (Å²) in [6, 6.07) is 0. The summed E-state index contributed by atoms with van der Waals surface area (Å²) in [5.74, 6) is 1.56. The Hall–Kier alpha value is -0.450. The zero-order chi connectivity index (χ0) is 11.2. The number of rotatable bonds is 6. The van der Waals surface area contributed by atoms with E-state index in [-0.39, 0.29) is 0 Å². The van der Waals surface area contributed by atoms with Crippen LogP contribution in [0.15, 0.2) is 10.9 Å². The average molecular weight is 239 g/mol. The monoisotopic (exact) mass is 239 g/mol. The van der Waals surface area contributed by atoms with Crippen LogP contribution in [0.3, 0.4) is 0 Å². The van der Waals surface area contributed by atoms with Crippen LogP contribution in [0.4, 0.5) is 0 Å². The zero-order valence-electron chi connectivity index (χ0n) is 9.69. The van der Waals surface area contributed by atoms with Crippen LogP contribution in [-0.2, 0) is 6.42 Å². The van der Waals surface area contributed by atoms with Crippen molar-refractivity contribution in [3.05, 3.63) is 16.6 Å². The minimum absolute atomic E-state index is 0.756. The highest BCUT2D eigenvalue weighted by atomic mass is 32.1. The summed E-state index contributed by atoms with van der Waals surface area (Å²) in [4.78, 5) is 4.28. The lowest BCUT2D eigenvalue weighted by Crippen LogP contribution is -2.30. The molecule has 1 aromatic rings. The lowest BCUT2D eigenvalue weighted by Gasteiger charge is -2.18. The van der Waals surface area contributed by atoms with Crippen molar-refractivity contribution in [1.82, 2.24) is 10.3 Å². The van der Waals surface area contributed by atoms with Crippen LogP contribution in [0, 0.1) is 11.8 Å². The first kappa shape index (κ1) is 12.0. The first-order chi connectivity index (χ1) is 7.90. The van der Waals surface area contributed by atoms with Crippen LogP contribution in [0.1, 0.15) is 25.0 Å². The van der Waals surface area contributed by atoms with E-state index >= 15 is 0 Å². The average Bonchev–Trinajstić information content (AvgIpc) is 2.95. The second-order valence-corrected chi connectivity index (χ2v) is 5.34. The predicted molar refractivity (Wildman–Crippen MR) is 68.6 cm³/mol.